The fourth-order valence-corrected chi connectivity index (χ4v) is 9.39. The molecule has 0 bridgehead atoms. The number of carbonyl (C=O) groups is 1. The summed E-state index contributed by atoms with van der Waals surface area (Å²) in [4.78, 5) is 12.8. The van der Waals surface area contributed by atoms with E-state index >= 15 is 0 Å². The van der Waals surface area contributed by atoms with Crippen molar-refractivity contribution in [2.75, 3.05) is 13.1 Å². The highest BCUT2D eigenvalue weighted by molar-refractivity contribution is 7.92. The van der Waals surface area contributed by atoms with Gasteiger partial charge in [0.05, 0.1) is 4.90 Å². The lowest BCUT2D eigenvalue weighted by Crippen LogP contribution is -2.57. The van der Waals surface area contributed by atoms with Crippen molar-refractivity contribution in [1.82, 2.24) is 10.6 Å². The van der Waals surface area contributed by atoms with Crippen LogP contribution in [0, 0.1) is 11.7 Å². The van der Waals surface area contributed by atoms with Crippen LogP contribution in [0.2, 0.25) is 0 Å². The maximum absolute atomic E-state index is 14.9. The van der Waals surface area contributed by atoms with E-state index in [1.54, 1.807) is 0 Å². The van der Waals surface area contributed by atoms with Gasteiger partial charge >= 0.3 is 18.0 Å². The Morgan fingerprint density at radius 3 is 2.09 bits per heavy atom. The first kappa shape index (κ1) is 31.6. The van der Waals surface area contributed by atoms with E-state index in [9.17, 15) is 53.4 Å². The van der Waals surface area contributed by atoms with Crippen molar-refractivity contribution < 1.29 is 53.4 Å². The van der Waals surface area contributed by atoms with Crippen LogP contribution < -0.4 is 10.6 Å². The average Bonchev–Trinajstić information content (AvgIpc) is 3.32. The van der Waals surface area contributed by atoms with E-state index in [4.69, 9.17) is 0 Å². The number of alkyl halides is 7. The molecule has 2 aliphatic carbocycles. The lowest BCUT2D eigenvalue weighted by Gasteiger charge is -2.43. The molecule has 0 aromatic heterocycles. The number of sulfone groups is 1. The number of amides is 1. The molecule has 0 spiro atoms. The maximum atomic E-state index is 14.9. The van der Waals surface area contributed by atoms with Crippen LogP contribution in [0.25, 0.3) is 0 Å². The van der Waals surface area contributed by atoms with Gasteiger partial charge in [0.2, 0.25) is 0 Å². The molecule has 43 heavy (non-hydrogen) atoms. The van der Waals surface area contributed by atoms with Gasteiger partial charge in [0, 0.05) is 17.5 Å². The molecule has 2 aromatic carbocycles. The average molecular weight is 641 g/mol. The highest BCUT2D eigenvalue weighted by Crippen LogP contribution is 2.59. The normalized spacial score (nSPS) is 26.0. The van der Waals surface area contributed by atoms with Crippen LogP contribution >= 0.6 is 0 Å². The minimum Gasteiger partial charge on any atom is -0.380 e. The topological polar surface area (TPSA) is 95.5 Å². The molecule has 3 aliphatic rings. The van der Waals surface area contributed by atoms with Crippen LogP contribution in [0.4, 0.5) is 35.1 Å². The number of hydrogen-bond donors (Lipinski definition) is 3. The first-order chi connectivity index (χ1) is 19.9. The van der Waals surface area contributed by atoms with E-state index in [0.29, 0.717) is 25.2 Å². The summed E-state index contributed by atoms with van der Waals surface area (Å²) in [5.41, 5.74) is -9.46. The van der Waals surface area contributed by atoms with Gasteiger partial charge in [0.15, 0.2) is 9.84 Å². The number of aliphatic hydroxyl groups is 1. The standard InChI is InChI=1S/C28H28F8N2O4S/c29-18-3-5-19(6-4-18)43(41,42)25-10-9-22(38-23(39)24(40)11-13-37-14-12-24)21(25)7-1-16-15-17(2-8-20(16)25)26(30,27(31,32)33)28(34,35)36/h2-6,8,15,21-22,37,40H,1,7,9-14H2,(H,38,39)/t21-,22+,25+/m0/s1. The Bertz CT molecular complexity index is 1490. The van der Waals surface area contributed by atoms with Gasteiger partial charge in [-0.1, -0.05) is 18.2 Å². The van der Waals surface area contributed by atoms with E-state index in [2.05, 4.69) is 10.6 Å². The fraction of sp³-hybridized carbons (Fsp3) is 0.536. The number of piperidine rings is 1. The first-order valence-electron chi connectivity index (χ1n) is 13.6. The van der Waals surface area contributed by atoms with Crippen molar-refractivity contribution in [3.8, 4) is 0 Å². The largest absolute Gasteiger partial charge is 0.435 e. The van der Waals surface area contributed by atoms with Crippen molar-refractivity contribution in [3.63, 3.8) is 0 Å². The number of benzene rings is 2. The van der Waals surface area contributed by atoms with Gasteiger partial charge in [-0.15, -0.1) is 0 Å². The molecule has 0 unspecified atom stereocenters. The molecule has 6 nitrogen and oxygen atoms in total. The second-order valence-corrected chi connectivity index (χ2v) is 13.6. The van der Waals surface area contributed by atoms with Gasteiger partial charge in [-0.25, -0.2) is 17.2 Å². The summed E-state index contributed by atoms with van der Waals surface area (Å²) in [5, 5.41) is 16.7. The lowest BCUT2D eigenvalue weighted by atomic mass is 9.73. The summed E-state index contributed by atoms with van der Waals surface area (Å²) in [6, 6.07) is 4.47. The Morgan fingerprint density at radius 2 is 1.51 bits per heavy atom. The minimum absolute atomic E-state index is 0.0461. The van der Waals surface area contributed by atoms with Crippen LogP contribution in [0.15, 0.2) is 47.4 Å². The molecule has 1 saturated carbocycles. The quantitative estimate of drug-likeness (QED) is 0.325. The summed E-state index contributed by atoms with van der Waals surface area (Å²) in [5.74, 6) is -2.38. The molecule has 1 saturated heterocycles. The second kappa shape index (κ2) is 10.4. The minimum atomic E-state index is -6.35. The van der Waals surface area contributed by atoms with Crippen molar-refractivity contribution in [2.24, 2.45) is 5.92 Å². The van der Waals surface area contributed by atoms with Crippen molar-refractivity contribution >= 4 is 15.7 Å². The van der Waals surface area contributed by atoms with E-state index in [0.717, 1.165) is 30.3 Å². The van der Waals surface area contributed by atoms with Gasteiger partial charge in [-0.2, -0.15) is 26.3 Å². The Kier molecular flexibility index (Phi) is 7.65. The number of halogens is 8. The summed E-state index contributed by atoms with van der Waals surface area (Å²) >= 11 is 0. The third kappa shape index (κ3) is 4.82. The number of hydrogen-bond acceptors (Lipinski definition) is 5. The molecule has 2 aromatic rings. The summed E-state index contributed by atoms with van der Waals surface area (Å²) < 4.78 is 136. The lowest BCUT2D eigenvalue weighted by molar-refractivity contribution is -0.348. The maximum Gasteiger partial charge on any atom is 0.435 e. The highest BCUT2D eigenvalue weighted by atomic mass is 32.2. The first-order valence-corrected chi connectivity index (χ1v) is 15.1. The summed E-state index contributed by atoms with van der Waals surface area (Å²) in [6.45, 7) is 0.727. The van der Waals surface area contributed by atoms with Crippen LogP contribution in [-0.4, -0.2) is 56.5 Å². The third-order valence-electron chi connectivity index (χ3n) is 9.15. The SMILES string of the molecule is O=C(N[C@@H]1CC[C@@]2(S(=O)(=O)c3ccc(F)cc3)c3ccc(C(F)(C(F)(F)F)C(F)(F)F)cc3CC[C@@H]12)C1(O)CCNCC1. The molecule has 15 heteroatoms. The summed E-state index contributed by atoms with van der Waals surface area (Å²) in [7, 11) is -4.53. The number of nitrogens with one attached hydrogen (secondary N) is 2. The smallest absolute Gasteiger partial charge is 0.380 e. The number of carbonyl (C=O) groups excluding carboxylic acids is 1. The van der Waals surface area contributed by atoms with Gasteiger partial charge in [0.25, 0.3) is 5.91 Å². The third-order valence-corrected chi connectivity index (χ3v) is 11.7. The molecule has 0 radical (unpaired) electrons. The van der Waals surface area contributed by atoms with Crippen LogP contribution in [-0.2, 0) is 31.5 Å². The zero-order valence-electron chi connectivity index (χ0n) is 22.5. The van der Waals surface area contributed by atoms with Gasteiger partial charge in [-0.3, -0.25) is 4.79 Å². The molecular weight excluding hydrogens is 612 g/mol. The number of aryl methyl sites for hydroxylation is 1. The van der Waals surface area contributed by atoms with Crippen LogP contribution in [0.1, 0.15) is 48.8 Å². The molecule has 2 fully saturated rings. The predicted octanol–water partition coefficient (Wildman–Crippen LogP) is 4.74. The zero-order valence-corrected chi connectivity index (χ0v) is 23.3. The molecule has 1 amide bonds. The summed E-state index contributed by atoms with van der Waals surface area (Å²) in [6.07, 6.45) is -13.0. The molecule has 3 atom stereocenters. The highest BCUT2D eigenvalue weighted by Gasteiger charge is 2.74. The van der Waals surface area contributed by atoms with E-state index in [1.165, 1.54) is 0 Å². The molecule has 1 heterocycles. The molecule has 1 aliphatic heterocycles. The molecule has 5 rings (SSSR count). The number of fused-ring (bicyclic) bond motifs is 3. The van der Waals surface area contributed by atoms with Crippen molar-refractivity contribution in [1.29, 1.82) is 0 Å². The predicted molar refractivity (Wildman–Crippen MR) is 137 cm³/mol. The Hall–Kier alpha value is -2.78. The Balaban J connectivity index is 1.63. The Morgan fingerprint density at radius 1 is 0.907 bits per heavy atom. The molecular formula is C28H28F8N2O4S. The van der Waals surface area contributed by atoms with Crippen LogP contribution in [0.5, 0.6) is 0 Å². The van der Waals surface area contributed by atoms with Gasteiger partial charge < -0.3 is 15.7 Å². The number of rotatable bonds is 5. The van der Waals surface area contributed by atoms with Gasteiger partial charge in [-0.05, 0) is 87.0 Å². The fourth-order valence-electron chi connectivity index (χ4n) is 6.92. The monoisotopic (exact) mass is 640 g/mol. The van der Waals surface area contributed by atoms with Crippen molar-refractivity contribution in [2.45, 2.75) is 77.8 Å². The van der Waals surface area contributed by atoms with E-state index < -0.39 is 67.5 Å². The zero-order chi connectivity index (χ0) is 31.6. The van der Waals surface area contributed by atoms with E-state index in [-0.39, 0.29) is 54.5 Å². The molecule has 236 valence electrons. The second-order valence-electron chi connectivity index (χ2n) is 11.4. The Labute approximate surface area is 241 Å². The van der Waals surface area contributed by atoms with E-state index in [1.807, 2.05) is 0 Å². The molecule has 3 N–H and O–H groups in total. The van der Waals surface area contributed by atoms with Crippen molar-refractivity contribution in [3.05, 3.63) is 65.0 Å². The van der Waals surface area contributed by atoms with Crippen LogP contribution in [0.3, 0.4) is 0 Å². The van der Waals surface area contributed by atoms with Gasteiger partial charge in [0.1, 0.15) is 16.2 Å².